The molecule has 0 amide bonds. The largest absolute Gasteiger partial charge is 0.308 e. The Morgan fingerprint density at radius 3 is 1.83 bits per heavy atom. The number of hydrogen-bond acceptors (Lipinski definition) is 3. The Bertz CT molecular complexity index is 3790. The zero-order valence-corrected chi connectivity index (χ0v) is 32.0. The van der Waals surface area contributed by atoms with Gasteiger partial charge in [-0.15, -0.1) is 11.3 Å². The summed E-state index contributed by atoms with van der Waals surface area (Å²) in [6.45, 7) is 0. The van der Waals surface area contributed by atoms with E-state index >= 15 is 0 Å². The molecule has 0 saturated carbocycles. The van der Waals surface area contributed by atoms with Gasteiger partial charge in [0, 0.05) is 53.0 Å². The Morgan fingerprint density at radius 2 is 1.02 bits per heavy atom. The van der Waals surface area contributed by atoms with Gasteiger partial charge in [0.15, 0.2) is 5.82 Å². The maximum absolute atomic E-state index is 5.34. The van der Waals surface area contributed by atoms with Crippen LogP contribution in [0.5, 0.6) is 0 Å². The van der Waals surface area contributed by atoms with Crippen LogP contribution in [0.4, 0.5) is 0 Å². The van der Waals surface area contributed by atoms with Crippen molar-refractivity contribution in [2.45, 2.75) is 0 Å². The summed E-state index contributed by atoms with van der Waals surface area (Å²) in [7, 11) is 0. The van der Waals surface area contributed by atoms with Gasteiger partial charge in [0.05, 0.1) is 27.9 Å². The molecule has 0 unspecified atom stereocenters. The molecule has 13 rings (SSSR count). The predicted molar refractivity (Wildman–Crippen MR) is 246 cm³/mol. The molecule has 0 aliphatic heterocycles. The lowest BCUT2D eigenvalue weighted by Gasteiger charge is -2.11. The van der Waals surface area contributed by atoms with Crippen molar-refractivity contribution in [3.63, 3.8) is 0 Å². The van der Waals surface area contributed by atoms with Crippen molar-refractivity contribution in [3.8, 4) is 45.0 Å². The van der Waals surface area contributed by atoms with Crippen molar-refractivity contribution >= 4 is 91.1 Å². The first-order valence-corrected chi connectivity index (χ1v) is 20.5. The van der Waals surface area contributed by atoms with Gasteiger partial charge < -0.3 is 4.40 Å². The zero-order valence-electron chi connectivity index (χ0n) is 31.1. The average Bonchev–Trinajstić information content (AvgIpc) is 3.79. The second kappa shape index (κ2) is 12.1. The maximum Gasteiger partial charge on any atom is 0.160 e. The maximum atomic E-state index is 5.34. The molecular weight excluding hydrogens is 723 g/mol. The van der Waals surface area contributed by atoms with Crippen LogP contribution in [0.3, 0.4) is 0 Å². The van der Waals surface area contributed by atoms with Crippen molar-refractivity contribution in [2.75, 3.05) is 0 Å². The number of nitrogens with zero attached hydrogens (tertiary/aromatic N) is 3. The van der Waals surface area contributed by atoms with Crippen molar-refractivity contribution < 1.29 is 0 Å². The molecule has 0 atom stereocenters. The van der Waals surface area contributed by atoms with Gasteiger partial charge in [0.2, 0.25) is 0 Å². The Morgan fingerprint density at radius 1 is 0.345 bits per heavy atom. The molecular formula is C54H31N3S. The summed E-state index contributed by atoms with van der Waals surface area (Å²) in [5, 5.41) is 12.5. The molecule has 4 heterocycles. The highest BCUT2D eigenvalue weighted by molar-refractivity contribution is 7.26. The fraction of sp³-hybridized carbons (Fsp3) is 0. The molecule has 58 heavy (non-hydrogen) atoms. The molecule has 0 N–H and O–H groups in total. The summed E-state index contributed by atoms with van der Waals surface area (Å²) >= 11 is 1.87. The highest BCUT2D eigenvalue weighted by Crippen LogP contribution is 2.47. The fourth-order valence-electron chi connectivity index (χ4n) is 9.37. The number of hydrogen-bond donors (Lipinski definition) is 0. The molecule has 9 aromatic carbocycles. The lowest BCUT2D eigenvalue weighted by atomic mass is 9.97. The van der Waals surface area contributed by atoms with E-state index in [1.54, 1.807) is 0 Å². The molecule has 0 bridgehead atoms. The van der Waals surface area contributed by atoms with Gasteiger partial charge in [0.25, 0.3) is 0 Å². The Kier molecular flexibility index (Phi) is 6.60. The van der Waals surface area contributed by atoms with E-state index in [2.05, 4.69) is 186 Å². The third kappa shape index (κ3) is 4.67. The summed E-state index contributed by atoms with van der Waals surface area (Å²) < 4.78 is 5.07. The van der Waals surface area contributed by atoms with E-state index in [0.717, 1.165) is 28.1 Å². The van der Waals surface area contributed by atoms with Crippen LogP contribution in [-0.2, 0) is 0 Å². The first-order chi connectivity index (χ1) is 28.7. The molecule has 4 heteroatoms. The molecule has 3 nitrogen and oxygen atoms in total. The second-order valence-corrected chi connectivity index (χ2v) is 16.5. The van der Waals surface area contributed by atoms with Gasteiger partial charge >= 0.3 is 0 Å². The summed E-state index contributed by atoms with van der Waals surface area (Å²) in [4.78, 5) is 10.6. The Balaban J connectivity index is 1.09. The number of para-hydroxylation sites is 1. The van der Waals surface area contributed by atoms with Gasteiger partial charge in [-0.25, -0.2) is 9.97 Å². The van der Waals surface area contributed by atoms with Gasteiger partial charge in [-0.2, -0.15) is 0 Å². The molecule has 0 aliphatic carbocycles. The van der Waals surface area contributed by atoms with E-state index < -0.39 is 0 Å². The molecule has 0 fully saturated rings. The lowest BCUT2D eigenvalue weighted by molar-refractivity contribution is 1.18. The Labute approximate surface area is 337 Å². The van der Waals surface area contributed by atoms with Crippen molar-refractivity contribution in [3.05, 3.63) is 188 Å². The van der Waals surface area contributed by atoms with Crippen LogP contribution in [0.2, 0.25) is 0 Å². The molecule has 0 radical (unpaired) electrons. The third-order valence-electron chi connectivity index (χ3n) is 12.1. The normalized spacial score (nSPS) is 12.1. The topological polar surface area (TPSA) is 30.2 Å². The molecule has 268 valence electrons. The fourth-order valence-corrected chi connectivity index (χ4v) is 10.6. The standard InChI is InChI=1S/C54H31N3S/c1-3-11-32(12-4-1)37-23-21-33-22-24-38(26-39(33)25-37)45-31-46(56-54(55-45)34-13-5-2-6-14-34)40-28-44-42-18-9-17-41-43-27-35-15-7-8-16-36(35)29-48(43)57(53(41)42)47-19-10-20-49-52(47)51(44)50(30-40)58-49/h1-31H. The monoisotopic (exact) mass is 753 g/mol. The molecule has 4 aromatic heterocycles. The molecule has 0 spiro atoms. The van der Waals surface area contributed by atoms with Crippen LogP contribution < -0.4 is 0 Å². The molecule has 0 aliphatic rings. The SMILES string of the molecule is c1ccc(-c2ccc3ccc(-c4cc(-c5cc6sc7cccc8c7c6c(c5)c5cccc6c7cc9ccccc9cc7n8c56)nc(-c5ccccc5)n4)cc3c2)cc1. The predicted octanol–water partition coefficient (Wildman–Crippen LogP) is 15.0. The van der Waals surface area contributed by atoms with Crippen LogP contribution in [-0.4, -0.2) is 14.4 Å². The smallest absolute Gasteiger partial charge is 0.160 e. The highest BCUT2D eigenvalue weighted by Gasteiger charge is 2.21. The van der Waals surface area contributed by atoms with E-state index in [4.69, 9.17) is 9.97 Å². The van der Waals surface area contributed by atoms with E-state index in [1.807, 2.05) is 17.4 Å². The van der Waals surface area contributed by atoms with Crippen LogP contribution in [0.25, 0.3) is 125 Å². The van der Waals surface area contributed by atoms with E-state index in [0.29, 0.717) is 5.82 Å². The number of aromatic nitrogens is 3. The van der Waals surface area contributed by atoms with E-state index in [1.165, 1.54) is 90.9 Å². The summed E-state index contributed by atoms with van der Waals surface area (Å²) in [5.74, 6) is 0.713. The van der Waals surface area contributed by atoms with Crippen LogP contribution in [0, 0.1) is 0 Å². The summed E-state index contributed by atoms with van der Waals surface area (Å²) in [6.07, 6.45) is 0. The van der Waals surface area contributed by atoms with Crippen LogP contribution in [0.1, 0.15) is 0 Å². The Hall–Kier alpha value is -7.40. The van der Waals surface area contributed by atoms with Crippen molar-refractivity contribution in [1.29, 1.82) is 0 Å². The second-order valence-electron chi connectivity index (χ2n) is 15.4. The van der Waals surface area contributed by atoms with Crippen LogP contribution >= 0.6 is 11.3 Å². The minimum absolute atomic E-state index is 0.713. The summed E-state index contributed by atoms with van der Waals surface area (Å²) in [5.41, 5.74) is 11.1. The highest BCUT2D eigenvalue weighted by atomic mass is 32.1. The number of fused-ring (bicyclic) bond motifs is 7. The lowest BCUT2D eigenvalue weighted by Crippen LogP contribution is -1.96. The minimum atomic E-state index is 0.713. The molecule has 13 aromatic rings. The van der Waals surface area contributed by atoms with Gasteiger partial charge in [-0.3, -0.25) is 0 Å². The first kappa shape index (κ1) is 31.8. The molecule has 0 saturated heterocycles. The quantitative estimate of drug-likeness (QED) is 0.179. The number of benzene rings is 9. The first-order valence-electron chi connectivity index (χ1n) is 19.7. The number of thiophene rings is 1. The third-order valence-corrected chi connectivity index (χ3v) is 13.2. The minimum Gasteiger partial charge on any atom is -0.308 e. The van der Waals surface area contributed by atoms with Crippen molar-refractivity contribution in [1.82, 2.24) is 14.4 Å². The van der Waals surface area contributed by atoms with Crippen LogP contribution in [0.15, 0.2) is 188 Å². The van der Waals surface area contributed by atoms with Gasteiger partial charge in [-0.1, -0.05) is 133 Å². The van der Waals surface area contributed by atoms with Gasteiger partial charge in [0.1, 0.15) is 0 Å². The number of rotatable bonds is 4. The van der Waals surface area contributed by atoms with Crippen molar-refractivity contribution in [2.24, 2.45) is 0 Å². The summed E-state index contributed by atoms with van der Waals surface area (Å²) in [6, 6.07) is 68.3. The van der Waals surface area contributed by atoms with E-state index in [9.17, 15) is 0 Å². The zero-order chi connectivity index (χ0) is 37.9. The average molecular weight is 754 g/mol. The van der Waals surface area contributed by atoms with Gasteiger partial charge in [-0.05, 0) is 92.7 Å². The van der Waals surface area contributed by atoms with E-state index in [-0.39, 0.29) is 0 Å².